The van der Waals surface area contributed by atoms with E-state index in [2.05, 4.69) is 69.3 Å². The maximum atomic E-state index is 6.71. The van der Waals surface area contributed by atoms with E-state index in [0.717, 1.165) is 37.2 Å². The van der Waals surface area contributed by atoms with Crippen molar-refractivity contribution in [3.05, 3.63) is 95.6 Å². The van der Waals surface area contributed by atoms with Crippen molar-refractivity contribution in [3.8, 4) is 11.5 Å². The van der Waals surface area contributed by atoms with Crippen LogP contribution in [0, 0.1) is 0 Å². The van der Waals surface area contributed by atoms with Gasteiger partial charge in [0.1, 0.15) is 11.5 Å². The predicted octanol–water partition coefficient (Wildman–Crippen LogP) is 10.3. The van der Waals surface area contributed by atoms with Gasteiger partial charge in [0.2, 0.25) is 0 Å². The van der Waals surface area contributed by atoms with Crippen molar-refractivity contribution < 1.29 is 9.05 Å². The highest BCUT2D eigenvalue weighted by Crippen LogP contribution is 2.65. The summed E-state index contributed by atoms with van der Waals surface area (Å²) >= 11 is 7.91. The van der Waals surface area contributed by atoms with Crippen molar-refractivity contribution in [1.29, 1.82) is 0 Å². The zero-order valence-corrected chi connectivity index (χ0v) is 23.8. The molecular weight excluding hydrogens is 487 g/mol. The van der Waals surface area contributed by atoms with Crippen LogP contribution in [0.15, 0.2) is 78.9 Å². The van der Waals surface area contributed by atoms with Gasteiger partial charge in [-0.3, -0.25) is 0 Å². The zero-order chi connectivity index (χ0) is 24.9. The largest absolute Gasteiger partial charge is 0.428 e. The van der Waals surface area contributed by atoms with E-state index in [-0.39, 0.29) is 5.25 Å². The molecule has 0 bridgehead atoms. The van der Waals surface area contributed by atoms with Gasteiger partial charge in [-0.2, -0.15) is 0 Å². The van der Waals surface area contributed by atoms with E-state index >= 15 is 0 Å². The summed E-state index contributed by atoms with van der Waals surface area (Å²) in [4.78, 5) is 0. The molecule has 0 saturated carbocycles. The summed E-state index contributed by atoms with van der Waals surface area (Å²) in [6.07, 6.45) is 9.10. The maximum absolute atomic E-state index is 6.71. The summed E-state index contributed by atoms with van der Waals surface area (Å²) in [5.74, 6) is 1.73. The number of hydrogen-bond donors (Lipinski definition) is 0. The first-order chi connectivity index (χ1) is 17.0. The zero-order valence-electron chi connectivity index (χ0n) is 21.3. The standard InChI is InChI=1S/C30H39O2PS2/c1-4-6-9-19-27-21-13-15-23-29(27)31-33(34,35-25(3)26-17-11-8-12-18-26)32-30-24-16-14-22-28(30)20-10-7-5-2/h8,11-18,21-25H,4-7,9-10,19-20H2,1-3H3. The topological polar surface area (TPSA) is 18.5 Å². The third-order valence-electron chi connectivity index (χ3n) is 6.02. The lowest BCUT2D eigenvalue weighted by Gasteiger charge is -2.27. The number of aryl methyl sites for hydroxylation is 2. The van der Waals surface area contributed by atoms with Gasteiger partial charge in [0, 0.05) is 5.25 Å². The fraction of sp³-hybridized carbons (Fsp3) is 0.400. The number of para-hydroxylation sites is 2. The molecule has 188 valence electrons. The van der Waals surface area contributed by atoms with Crippen molar-refractivity contribution in [2.75, 3.05) is 0 Å². The lowest BCUT2D eigenvalue weighted by atomic mass is 10.1. The molecule has 0 fully saturated rings. The molecule has 0 heterocycles. The maximum Gasteiger partial charge on any atom is 0.349 e. The molecule has 0 spiro atoms. The average Bonchev–Trinajstić information content (AvgIpc) is 2.87. The lowest BCUT2D eigenvalue weighted by molar-refractivity contribution is 0.496. The van der Waals surface area contributed by atoms with Crippen molar-refractivity contribution in [2.45, 2.75) is 77.4 Å². The van der Waals surface area contributed by atoms with Crippen molar-refractivity contribution >= 4 is 28.9 Å². The van der Waals surface area contributed by atoms with E-state index in [1.807, 2.05) is 30.3 Å². The van der Waals surface area contributed by atoms with Crippen molar-refractivity contribution in [2.24, 2.45) is 0 Å². The molecule has 0 aromatic heterocycles. The van der Waals surface area contributed by atoms with E-state index in [0.29, 0.717) is 0 Å². The van der Waals surface area contributed by atoms with Crippen molar-refractivity contribution in [3.63, 3.8) is 0 Å². The van der Waals surface area contributed by atoms with Crippen LogP contribution in [0.2, 0.25) is 0 Å². The Balaban J connectivity index is 1.90. The summed E-state index contributed by atoms with van der Waals surface area (Å²) in [7, 11) is 0. The normalized spacial score (nSPS) is 12.3. The van der Waals surface area contributed by atoms with Crippen LogP contribution >= 0.6 is 17.1 Å². The Morgan fingerprint density at radius 2 is 1.14 bits per heavy atom. The van der Waals surface area contributed by atoms with Gasteiger partial charge >= 0.3 is 5.69 Å². The second kappa shape index (κ2) is 14.7. The Labute approximate surface area is 221 Å². The lowest BCUT2D eigenvalue weighted by Crippen LogP contribution is -2.04. The molecule has 0 amide bonds. The molecule has 0 aliphatic heterocycles. The molecule has 0 N–H and O–H groups in total. The second-order valence-corrected chi connectivity index (χ2v) is 15.3. The highest BCUT2D eigenvalue weighted by molar-refractivity contribution is 8.68. The molecule has 3 aromatic rings. The molecule has 2 nitrogen and oxygen atoms in total. The van der Waals surface area contributed by atoms with E-state index in [1.165, 1.54) is 42.4 Å². The van der Waals surface area contributed by atoms with Crippen LogP contribution in [0.4, 0.5) is 0 Å². The summed E-state index contributed by atoms with van der Waals surface area (Å²) < 4.78 is 13.4. The van der Waals surface area contributed by atoms with Crippen LogP contribution in [0.1, 0.15) is 81.2 Å². The van der Waals surface area contributed by atoms with E-state index in [1.54, 1.807) is 11.4 Å². The van der Waals surface area contributed by atoms with Gasteiger partial charge < -0.3 is 9.05 Å². The SMILES string of the molecule is CCCCCc1ccccc1OP(=S)(Oc1ccccc1CCCCC)SC(C)c1ccccc1. The first-order valence-corrected chi connectivity index (χ1v) is 17.0. The molecule has 3 rings (SSSR count). The van der Waals surface area contributed by atoms with Crippen LogP contribution in [0.3, 0.4) is 0 Å². The molecule has 0 saturated heterocycles. The molecule has 1 unspecified atom stereocenters. The molecule has 0 aliphatic rings. The highest BCUT2D eigenvalue weighted by Gasteiger charge is 2.29. The Morgan fingerprint density at radius 1 is 0.686 bits per heavy atom. The van der Waals surface area contributed by atoms with Crippen LogP contribution < -0.4 is 9.05 Å². The molecule has 35 heavy (non-hydrogen) atoms. The van der Waals surface area contributed by atoms with Gasteiger partial charge in [-0.15, -0.1) is 0 Å². The third-order valence-corrected chi connectivity index (χ3v) is 11.1. The van der Waals surface area contributed by atoms with Gasteiger partial charge in [-0.05, 0) is 84.6 Å². The monoisotopic (exact) mass is 526 g/mol. The summed E-state index contributed by atoms with van der Waals surface area (Å²) in [6.45, 7) is 6.65. The van der Waals surface area contributed by atoms with Gasteiger partial charge in [0.05, 0.1) is 0 Å². The van der Waals surface area contributed by atoms with E-state index < -0.39 is 5.69 Å². The smallest absolute Gasteiger partial charge is 0.349 e. The second-order valence-electron chi connectivity index (χ2n) is 8.92. The minimum absolute atomic E-state index is 0.154. The van der Waals surface area contributed by atoms with Crippen LogP contribution in [0.25, 0.3) is 0 Å². The number of unbranched alkanes of at least 4 members (excludes halogenated alkanes) is 4. The number of benzene rings is 3. The Bertz CT molecular complexity index is 1010. The summed E-state index contributed by atoms with van der Waals surface area (Å²) in [5.41, 5.74) is 0.884. The van der Waals surface area contributed by atoms with Crippen LogP contribution in [-0.4, -0.2) is 0 Å². The summed E-state index contributed by atoms with van der Waals surface area (Å²) in [6, 6.07) is 27.1. The number of hydrogen-bond acceptors (Lipinski definition) is 4. The predicted molar refractivity (Wildman–Crippen MR) is 157 cm³/mol. The quantitative estimate of drug-likeness (QED) is 0.145. The van der Waals surface area contributed by atoms with Crippen LogP contribution in [-0.2, 0) is 24.6 Å². The Kier molecular flexibility index (Phi) is 11.7. The first-order valence-electron chi connectivity index (χ1n) is 12.9. The first kappa shape index (κ1) is 27.8. The van der Waals surface area contributed by atoms with Gasteiger partial charge in [0.15, 0.2) is 0 Å². The fourth-order valence-corrected chi connectivity index (χ4v) is 9.55. The van der Waals surface area contributed by atoms with Gasteiger partial charge in [0.25, 0.3) is 0 Å². The molecule has 5 heteroatoms. The Hall–Kier alpha value is -1.74. The van der Waals surface area contributed by atoms with Crippen molar-refractivity contribution in [1.82, 2.24) is 0 Å². The minimum Gasteiger partial charge on any atom is -0.428 e. The van der Waals surface area contributed by atoms with Gasteiger partial charge in [-0.25, -0.2) is 0 Å². The fourth-order valence-electron chi connectivity index (χ4n) is 4.01. The van der Waals surface area contributed by atoms with E-state index in [9.17, 15) is 0 Å². The average molecular weight is 527 g/mol. The third kappa shape index (κ3) is 9.01. The molecule has 3 aromatic carbocycles. The molecular formula is C30H39O2PS2. The van der Waals surface area contributed by atoms with E-state index in [4.69, 9.17) is 20.9 Å². The minimum atomic E-state index is -2.77. The highest BCUT2D eigenvalue weighted by atomic mass is 32.9. The molecule has 0 aliphatic carbocycles. The molecule has 1 atom stereocenters. The summed E-state index contributed by atoms with van der Waals surface area (Å²) in [5, 5.41) is 0.154. The van der Waals surface area contributed by atoms with Gasteiger partial charge in [-0.1, -0.05) is 106 Å². The Morgan fingerprint density at radius 3 is 1.63 bits per heavy atom. The molecule has 0 radical (unpaired) electrons. The van der Waals surface area contributed by atoms with Crippen LogP contribution in [0.5, 0.6) is 11.5 Å². The number of rotatable bonds is 15.